The maximum Gasteiger partial charge on any atom is 0.315 e. The van der Waals surface area contributed by atoms with Gasteiger partial charge in [0.25, 0.3) is 0 Å². The van der Waals surface area contributed by atoms with Crippen LogP contribution in [0.3, 0.4) is 0 Å². The number of rotatable bonds is 7. The van der Waals surface area contributed by atoms with Gasteiger partial charge in [0.1, 0.15) is 29.3 Å². The molecule has 206 valence electrons. The molecular weight excluding hydrogens is 494 g/mol. The molecule has 39 heavy (non-hydrogen) atoms. The highest BCUT2D eigenvalue weighted by Crippen LogP contribution is 2.49. The Kier molecular flexibility index (Phi) is 8.05. The Labute approximate surface area is 230 Å². The zero-order valence-corrected chi connectivity index (χ0v) is 23.2. The Morgan fingerprint density at radius 1 is 0.872 bits per heavy atom. The molecule has 2 aromatic rings. The van der Waals surface area contributed by atoms with E-state index >= 15 is 0 Å². The van der Waals surface area contributed by atoms with Gasteiger partial charge in [-0.3, -0.25) is 14.6 Å². The quantitative estimate of drug-likeness (QED) is 0.398. The van der Waals surface area contributed by atoms with Gasteiger partial charge in [-0.05, 0) is 68.7 Å². The van der Waals surface area contributed by atoms with Crippen molar-refractivity contribution >= 4 is 17.5 Å². The molecule has 5 rings (SSSR count). The van der Waals surface area contributed by atoms with Crippen molar-refractivity contribution in [2.75, 3.05) is 21.3 Å². The molecule has 1 aliphatic heterocycles. The molecule has 7 heteroatoms. The standard InChI is InChI=1S/C32H37NO6/c1-19-29(32(35)39-23-8-6-5-7-9-23)30(25-15-14-24(37-3)18-28(25)38-4)31-26(33-19)16-21(17-27(31)34)20-10-12-22(36-2)13-11-20/h10-15,18,21,23,29-30H,5-9,16-17H2,1-4H3/t21-,29?,30+/m1/s1. The molecule has 2 aromatic carbocycles. The lowest BCUT2D eigenvalue weighted by molar-refractivity contribution is -0.153. The van der Waals surface area contributed by atoms with Crippen molar-refractivity contribution in [2.45, 2.75) is 69.8 Å². The molecule has 0 spiro atoms. The van der Waals surface area contributed by atoms with Crippen LogP contribution >= 0.6 is 0 Å². The van der Waals surface area contributed by atoms with E-state index in [2.05, 4.69) is 0 Å². The van der Waals surface area contributed by atoms with Crippen molar-refractivity contribution in [2.24, 2.45) is 10.9 Å². The molecule has 0 N–H and O–H groups in total. The Bertz CT molecular complexity index is 1290. The first-order valence-corrected chi connectivity index (χ1v) is 13.8. The number of allylic oxidation sites excluding steroid dienone is 2. The third kappa shape index (κ3) is 5.45. The SMILES string of the molecule is COc1ccc([C@H]2CC(=O)C3=C(C2)N=C(C)C(C(=O)OC2CCCCC2)[C@@H]3c2ccc(OC)cc2OC)cc1. The number of carbonyl (C=O) groups is 2. The van der Waals surface area contributed by atoms with E-state index in [-0.39, 0.29) is 23.8 Å². The van der Waals surface area contributed by atoms with Gasteiger partial charge in [-0.1, -0.05) is 24.6 Å². The van der Waals surface area contributed by atoms with Gasteiger partial charge < -0.3 is 18.9 Å². The number of nitrogens with zero attached hydrogens (tertiary/aromatic N) is 1. The lowest BCUT2D eigenvalue weighted by atomic mass is 9.69. The van der Waals surface area contributed by atoms with E-state index in [4.69, 9.17) is 23.9 Å². The van der Waals surface area contributed by atoms with Gasteiger partial charge in [-0.2, -0.15) is 0 Å². The number of ketones is 1. The third-order valence-electron chi connectivity index (χ3n) is 8.34. The van der Waals surface area contributed by atoms with Gasteiger partial charge in [0, 0.05) is 41.0 Å². The summed E-state index contributed by atoms with van der Waals surface area (Å²) in [5.41, 5.74) is 3.84. The summed E-state index contributed by atoms with van der Waals surface area (Å²) in [4.78, 5) is 32.6. The summed E-state index contributed by atoms with van der Waals surface area (Å²) in [5, 5.41) is 0. The summed E-state index contributed by atoms with van der Waals surface area (Å²) in [7, 11) is 4.83. The zero-order valence-electron chi connectivity index (χ0n) is 23.2. The first-order valence-electron chi connectivity index (χ1n) is 13.8. The van der Waals surface area contributed by atoms with Gasteiger partial charge in [-0.15, -0.1) is 0 Å². The first kappa shape index (κ1) is 27.0. The van der Waals surface area contributed by atoms with Crippen molar-refractivity contribution in [3.63, 3.8) is 0 Å². The fourth-order valence-electron chi connectivity index (χ4n) is 6.31. The highest BCUT2D eigenvalue weighted by molar-refractivity contribution is 6.09. The van der Waals surface area contributed by atoms with Crippen LogP contribution < -0.4 is 14.2 Å². The normalized spacial score (nSPS) is 23.5. The summed E-state index contributed by atoms with van der Waals surface area (Å²) in [5.74, 6) is 0.437. The molecule has 7 nitrogen and oxygen atoms in total. The predicted molar refractivity (Wildman–Crippen MR) is 149 cm³/mol. The molecule has 1 fully saturated rings. The Balaban J connectivity index is 1.55. The van der Waals surface area contributed by atoms with Gasteiger partial charge in [-0.25, -0.2) is 0 Å². The van der Waals surface area contributed by atoms with Gasteiger partial charge in [0.15, 0.2) is 5.78 Å². The molecule has 0 radical (unpaired) electrons. The van der Waals surface area contributed by atoms with Crippen LogP contribution in [0.1, 0.15) is 74.8 Å². The minimum Gasteiger partial charge on any atom is -0.497 e. The smallest absolute Gasteiger partial charge is 0.315 e. The molecule has 1 saturated carbocycles. The largest absolute Gasteiger partial charge is 0.497 e. The summed E-state index contributed by atoms with van der Waals surface area (Å²) in [6, 6.07) is 13.4. The Morgan fingerprint density at radius 2 is 1.56 bits per heavy atom. The number of ether oxygens (including phenoxy) is 4. The van der Waals surface area contributed by atoms with Crippen LogP contribution in [0.4, 0.5) is 0 Å². The maximum absolute atomic E-state index is 13.9. The summed E-state index contributed by atoms with van der Waals surface area (Å²) >= 11 is 0. The molecule has 0 amide bonds. The van der Waals surface area contributed by atoms with Crippen molar-refractivity contribution in [3.8, 4) is 17.2 Å². The van der Waals surface area contributed by atoms with E-state index in [1.165, 1.54) is 6.42 Å². The number of benzene rings is 2. The zero-order chi connectivity index (χ0) is 27.5. The number of Topliss-reactive ketones (excluding diaryl/α,β-unsaturated/α-hetero) is 1. The lowest BCUT2D eigenvalue weighted by Crippen LogP contribution is -2.39. The minimum absolute atomic E-state index is 0.00265. The first-order chi connectivity index (χ1) is 18.9. The summed E-state index contributed by atoms with van der Waals surface area (Å²) in [6.07, 6.45) is 5.92. The van der Waals surface area contributed by atoms with Crippen molar-refractivity contribution in [1.82, 2.24) is 0 Å². The second-order valence-electron chi connectivity index (χ2n) is 10.7. The number of hydrogen-bond donors (Lipinski definition) is 0. The number of hydrogen-bond acceptors (Lipinski definition) is 7. The lowest BCUT2D eigenvalue weighted by Gasteiger charge is -2.37. The van der Waals surface area contributed by atoms with Crippen LogP contribution in [-0.2, 0) is 14.3 Å². The Hall–Kier alpha value is -3.61. The number of esters is 1. The molecule has 1 unspecified atom stereocenters. The van der Waals surface area contributed by atoms with E-state index in [1.54, 1.807) is 27.4 Å². The van der Waals surface area contributed by atoms with Crippen LogP contribution in [0.15, 0.2) is 58.7 Å². The average molecular weight is 532 g/mol. The van der Waals surface area contributed by atoms with Crippen molar-refractivity contribution in [1.29, 1.82) is 0 Å². The van der Waals surface area contributed by atoms with Crippen LogP contribution in [0.25, 0.3) is 0 Å². The Morgan fingerprint density at radius 3 is 2.23 bits per heavy atom. The highest BCUT2D eigenvalue weighted by Gasteiger charge is 2.46. The molecular formula is C32H37NO6. The minimum atomic E-state index is -0.700. The van der Waals surface area contributed by atoms with Crippen molar-refractivity contribution in [3.05, 3.63) is 64.9 Å². The fraction of sp³-hybridized carbons (Fsp3) is 0.469. The number of methoxy groups -OCH3 is 3. The molecule has 0 bridgehead atoms. The molecule has 3 atom stereocenters. The number of aliphatic imine (C=N–C) groups is 1. The van der Waals surface area contributed by atoms with E-state index in [0.29, 0.717) is 35.6 Å². The molecule has 1 heterocycles. The molecule has 3 aliphatic rings. The predicted octanol–water partition coefficient (Wildman–Crippen LogP) is 6.16. The fourth-order valence-corrected chi connectivity index (χ4v) is 6.31. The second kappa shape index (κ2) is 11.6. The van der Waals surface area contributed by atoms with E-state index < -0.39 is 11.8 Å². The van der Waals surface area contributed by atoms with E-state index in [1.807, 2.05) is 43.3 Å². The number of carbonyl (C=O) groups excluding carboxylic acids is 2. The molecule has 2 aliphatic carbocycles. The second-order valence-corrected chi connectivity index (χ2v) is 10.7. The summed E-state index contributed by atoms with van der Waals surface area (Å²) < 4.78 is 22.6. The average Bonchev–Trinajstić information content (AvgIpc) is 2.96. The summed E-state index contributed by atoms with van der Waals surface area (Å²) in [6.45, 7) is 1.88. The maximum atomic E-state index is 13.9. The van der Waals surface area contributed by atoms with Gasteiger partial charge in [0.05, 0.1) is 21.3 Å². The van der Waals surface area contributed by atoms with Crippen LogP contribution in [-0.4, -0.2) is 44.9 Å². The van der Waals surface area contributed by atoms with Crippen LogP contribution in [0.5, 0.6) is 17.2 Å². The molecule has 0 aromatic heterocycles. The van der Waals surface area contributed by atoms with Gasteiger partial charge >= 0.3 is 5.97 Å². The topological polar surface area (TPSA) is 83.4 Å². The highest BCUT2D eigenvalue weighted by atomic mass is 16.5. The van der Waals surface area contributed by atoms with Crippen LogP contribution in [0, 0.1) is 5.92 Å². The van der Waals surface area contributed by atoms with Crippen LogP contribution in [0.2, 0.25) is 0 Å². The molecule has 0 saturated heterocycles. The van der Waals surface area contributed by atoms with Crippen molar-refractivity contribution < 1.29 is 28.5 Å². The van der Waals surface area contributed by atoms with E-state index in [0.717, 1.165) is 48.3 Å². The third-order valence-corrected chi connectivity index (χ3v) is 8.34. The van der Waals surface area contributed by atoms with Gasteiger partial charge in [0.2, 0.25) is 0 Å². The van der Waals surface area contributed by atoms with E-state index in [9.17, 15) is 9.59 Å². The monoisotopic (exact) mass is 531 g/mol.